The molecule has 32 heavy (non-hydrogen) atoms. The topological polar surface area (TPSA) is 93.0 Å². The van der Waals surface area contributed by atoms with Gasteiger partial charge in [-0.2, -0.15) is 0 Å². The summed E-state index contributed by atoms with van der Waals surface area (Å²) in [5, 5.41) is 3.58. The monoisotopic (exact) mass is 426 g/mol. The van der Waals surface area contributed by atoms with Crippen molar-refractivity contribution >= 4 is 22.8 Å². The van der Waals surface area contributed by atoms with E-state index < -0.39 is 0 Å². The third kappa shape index (κ3) is 3.82. The van der Waals surface area contributed by atoms with Gasteiger partial charge in [0.1, 0.15) is 0 Å². The largest absolute Gasteiger partial charge is 0.347 e. The second kappa shape index (κ2) is 8.22. The maximum Gasteiger partial charge on any atom is 0.260 e. The van der Waals surface area contributed by atoms with Crippen LogP contribution in [0.4, 0.5) is 5.95 Å². The molecule has 0 spiro atoms. The number of nitrogens with zero attached hydrogens (tertiary/aromatic N) is 5. The van der Waals surface area contributed by atoms with Crippen molar-refractivity contribution in [2.75, 3.05) is 18.0 Å². The quantitative estimate of drug-likeness (QED) is 0.539. The molecule has 1 N–H and O–H groups in total. The van der Waals surface area contributed by atoms with Gasteiger partial charge in [0.15, 0.2) is 0 Å². The van der Waals surface area contributed by atoms with Gasteiger partial charge in [0, 0.05) is 43.5 Å². The van der Waals surface area contributed by atoms with Gasteiger partial charge < -0.3 is 14.8 Å². The molecule has 1 fully saturated rings. The number of amides is 1. The van der Waals surface area contributed by atoms with Gasteiger partial charge >= 0.3 is 0 Å². The van der Waals surface area contributed by atoms with E-state index in [1.165, 1.54) is 10.9 Å². The molecule has 8 heteroatoms. The summed E-state index contributed by atoms with van der Waals surface area (Å²) in [6, 6.07) is 16.9. The number of carbonyl (C=O) groups excluding carboxylic acids is 1. The Kier molecular flexibility index (Phi) is 5.10. The summed E-state index contributed by atoms with van der Waals surface area (Å²) in [6.45, 7) is 1.40. The first-order valence-corrected chi connectivity index (χ1v) is 10.5. The lowest BCUT2D eigenvalue weighted by Crippen LogP contribution is -2.37. The lowest BCUT2D eigenvalue weighted by atomic mass is 10.1. The van der Waals surface area contributed by atoms with Gasteiger partial charge in [-0.25, -0.2) is 15.0 Å². The van der Waals surface area contributed by atoms with Gasteiger partial charge in [-0.3, -0.25) is 9.59 Å². The fourth-order valence-corrected chi connectivity index (χ4v) is 3.95. The Morgan fingerprint density at radius 3 is 2.78 bits per heavy atom. The highest BCUT2D eigenvalue weighted by Crippen LogP contribution is 2.21. The summed E-state index contributed by atoms with van der Waals surface area (Å²) < 4.78 is 1.42. The summed E-state index contributed by atoms with van der Waals surface area (Å²) >= 11 is 0. The van der Waals surface area contributed by atoms with Crippen molar-refractivity contribution in [2.24, 2.45) is 7.05 Å². The number of hydrogen-bond acceptors (Lipinski definition) is 6. The molecule has 2 aromatic carbocycles. The van der Waals surface area contributed by atoms with Crippen LogP contribution in [-0.4, -0.2) is 44.6 Å². The zero-order valence-corrected chi connectivity index (χ0v) is 17.6. The molecule has 2 aromatic heterocycles. The van der Waals surface area contributed by atoms with Gasteiger partial charge in [0.05, 0.1) is 22.9 Å². The van der Waals surface area contributed by atoms with Crippen molar-refractivity contribution in [3.05, 3.63) is 83.0 Å². The average Bonchev–Trinajstić information content (AvgIpc) is 3.30. The molecule has 1 saturated heterocycles. The van der Waals surface area contributed by atoms with E-state index in [4.69, 9.17) is 4.98 Å². The summed E-state index contributed by atoms with van der Waals surface area (Å²) in [4.78, 5) is 40.5. The molecule has 1 unspecified atom stereocenters. The molecule has 4 aromatic rings. The van der Waals surface area contributed by atoms with Gasteiger partial charge in [-0.1, -0.05) is 30.3 Å². The second-order valence-electron chi connectivity index (χ2n) is 7.91. The maximum absolute atomic E-state index is 12.8. The highest BCUT2D eigenvalue weighted by molar-refractivity contribution is 5.97. The Balaban J connectivity index is 1.28. The van der Waals surface area contributed by atoms with E-state index in [1.807, 2.05) is 36.4 Å². The Morgan fingerprint density at radius 1 is 1.09 bits per heavy atom. The van der Waals surface area contributed by atoms with Gasteiger partial charge in [-0.05, 0) is 30.7 Å². The number of nitrogens with one attached hydrogen (secondary N) is 1. The number of fused-ring (bicyclic) bond motifs is 1. The molecule has 5 rings (SSSR count). The van der Waals surface area contributed by atoms with Crippen LogP contribution in [0, 0.1) is 0 Å². The number of aromatic nitrogens is 4. The van der Waals surface area contributed by atoms with Gasteiger partial charge in [-0.15, -0.1) is 0 Å². The number of carbonyl (C=O) groups is 1. The average molecular weight is 426 g/mol. The van der Waals surface area contributed by atoms with Crippen molar-refractivity contribution in [3.63, 3.8) is 0 Å². The van der Waals surface area contributed by atoms with Gasteiger partial charge in [0.2, 0.25) is 5.95 Å². The number of anilines is 1. The minimum absolute atomic E-state index is 0.0150. The molecule has 3 heterocycles. The Hall–Kier alpha value is -4.07. The highest BCUT2D eigenvalue weighted by Gasteiger charge is 2.26. The summed E-state index contributed by atoms with van der Waals surface area (Å²) in [7, 11) is 1.65. The minimum Gasteiger partial charge on any atom is -0.347 e. The first-order chi connectivity index (χ1) is 15.6. The third-order valence-electron chi connectivity index (χ3n) is 5.70. The van der Waals surface area contributed by atoms with Crippen LogP contribution in [-0.2, 0) is 7.05 Å². The summed E-state index contributed by atoms with van der Waals surface area (Å²) in [5.74, 6) is 0.481. The highest BCUT2D eigenvalue weighted by atomic mass is 16.1. The lowest BCUT2D eigenvalue weighted by Gasteiger charge is -2.17. The summed E-state index contributed by atoms with van der Waals surface area (Å²) in [5.41, 5.74) is 2.78. The van der Waals surface area contributed by atoms with E-state index in [0.29, 0.717) is 29.0 Å². The molecular weight excluding hydrogens is 404 g/mol. The lowest BCUT2D eigenvalue weighted by molar-refractivity contribution is 0.0940. The zero-order valence-electron chi connectivity index (χ0n) is 17.6. The SMILES string of the molecule is Cn1cnc2cc(C(=O)NC3CCN(c4nccc(-c5ccccc5)n4)C3)ccc2c1=O. The third-order valence-corrected chi connectivity index (χ3v) is 5.70. The standard InChI is InChI=1S/C24H22N6O2/c1-29-15-26-21-13-17(7-8-19(21)23(29)32)22(31)27-18-10-12-30(14-18)24-25-11-9-20(28-24)16-5-3-2-4-6-16/h2-9,11,13,15,18H,10,12,14H2,1H3,(H,27,31). The van der Waals surface area contributed by atoms with Crippen LogP contribution in [0.15, 0.2) is 71.9 Å². The predicted octanol–water partition coefficient (Wildman–Crippen LogP) is 2.40. The molecule has 1 aliphatic rings. The number of aryl methyl sites for hydroxylation is 1. The molecule has 160 valence electrons. The van der Waals surface area contributed by atoms with Crippen molar-refractivity contribution in [2.45, 2.75) is 12.5 Å². The maximum atomic E-state index is 12.8. The van der Waals surface area contributed by atoms with Crippen molar-refractivity contribution in [1.29, 1.82) is 0 Å². The molecule has 0 bridgehead atoms. The Labute approximate surface area is 184 Å². The van der Waals surface area contributed by atoms with E-state index in [2.05, 4.69) is 20.2 Å². The minimum atomic E-state index is -0.180. The van der Waals surface area contributed by atoms with E-state index in [-0.39, 0.29) is 17.5 Å². The fourth-order valence-electron chi connectivity index (χ4n) is 3.95. The van der Waals surface area contributed by atoms with E-state index in [1.54, 1.807) is 31.4 Å². The van der Waals surface area contributed by atoms with Crippen LogP contribution in [0.1, 0.15) is 16.8 Å². The first kappa shape index (κ1) is 19.9. The van der Waals surface area contributed by atoms with Crippen LogP contribution < -0.4 is 15.8 Å². The molecule has 0 aliphatic carbocycles. The molecule has 1 amide bonds. The normalized spacial score (nSPS) is 15.8. The Bertz CT molecular complexity index is 1350. The fraction of sp³-hybridized carbons (Fsp3) is 0.208. The van der Waals surface area contributed by atoms with Crippen LogP contribution in [0.2, 0.25) is 0 Å². The van der Waals surface area contributed by atoms with E-state index >= 15 is 0 Å². The van der Waals surface area contributed by atoms with Crippen LogP contribution in [0.3, 0.4) is 0 Å². The smallest absolute Gasteiger partial charge is 0.260 e. The molecule has 0 saturated carbocycles. The first-order valence-electron chi connectivity index (χ1n) is 10.5. The van der Waals surface area contributed by atoms with E-state index in [0.717, 1.165) is 24.2 Å². The molecular formula is C24H22N6O2. The number of hydrogen-bond donors (Lipinski definition) is 1. The van der Waals surface area contributed by atoms with Gasteiger partial charge in [0.25, 0.3) is 11.5 Å². The summed E-state index contributed by atoms with van der Waals surface area (Å²) in [6.07, 6.45) is 4.03. The predicted molar refractivity (Wildman–Crippen MR) is 123 cm³/mol. The molecule has 1 atom stereocenters. The second-order valence-corrected chi connectivity index (χ2v) is 7.91. The Morgan fingerprint density at radius 2 is 1.94 bits per heavy atom. The molecule has 1 aliphatic heterocycles. The van der Waals surface area contributed by atoms with Crippen molar-refractivity contribution in [3.8, 4) is 11.3 Å². The number of benzene rings is 2. The van der Waals surface area contributed by atoms with Crippen LogP contribution in [0.5, 0.6) is 0 Å². The molecule has 8 nitrogen and oxygen atoms in total. The van der Waals surface area contributed by atoms with Crippen molar-refractivity contribution < 1.29 is 4.79 Å². The van der Waals surface area contributed by atoms with Crippen LogP contribution >= 0.6 is 0 Å². The number of rotatable bonds is 4. The zero-order chi connectivity index (χ0) is 22.1. The van der Waals surface area contributed by atoms with Crippen LogP contribution in [0.25, 0.3) is 22.2 Å². The van der Waals surface area contributed by atoms with Crippen molar-refractivity contribution in [1.82, 2.24) is 24.8 Å². The van der Waals surface area contributed by atoms with E-state index in [9.17, 15) is 9.59 Å². The molecule has 0 radical (unpaired) electrons.